The summed E-state index contributed by atoms with van der Waals surface area (Å²) in [6.45, 7) is 11.8. The topological polar surface area (TPSA) is 21.6 Å². The number of benzene rings is 1. The Balaban J connectivity index is 2.85. The average Bonchev–Trinajstić information content (AvgIpc) is 2.42. The minimum absolute atomic E-state index is 0.497. The van der Waals surface area contributed by atoms with E-state index >= 15 is 0 Å². The number of nitrogens with zero attached hydrogens (tertiary/aromatic N) is 1. The summed E-state index contributed by atoms with van der Waals surface area (Å²) in [6.07, 6.45) is 7.50. The first-order chi connectivity index (χ1) is 9.60. The van der Waals surface area contributed by atoms with E-state index in [-0.39, 0.29) is 0 Å². The molecule has 0 aliphatic heterocycles. The Morgan fingerprint density at radius 2 is 1.90 bits per heavy atom. The molecular formula is C18H21NO. The summed E-state index contributed by atoms with van der Waals surface area (Å²) >= 11 is 0. The Morgan fingerprint density at radius 3 is 2.50 bits per heavy atom. The zero-order valence-electron chi connectivity index (χ0n) is 12.4. The fourth-order valence-electron chi connectivity index (χ4n) is 1.75. The number of ether oxygens (including phenoxy) is 1. The monoisotopic (exact) mass is 267 g/mol. The van der Waals surface area contributed by atoms with Crippen LogP contribution in [0.3, 0.4) is 0 Å². The molecule has 1 rings (SSSR count). The van der Waals surface area contributed by atoms with Crippen LogP contribution in [-0.4, -0.2) is 12.8 Å². The summed E-state index contributed by atoms with van der Waals surface area (Å²) in [6, 6.07) is 8.01. The highest BCUT2D eigenvalue weighted by atomic mass is 16.5. The van der Waals surface area contributed by atoms with Gasteiger partial charge >= 0.3 is 0 Å². The summed E-state index contributed by atoms with van der Waals surface area (Å²) in [7, 11) is 1.73. The maximum atomic E-state index is 5.62. The van der Waals surface area contributed by atoms with Gasteiger partial charge in [-0.2, -0.15) is 0 Å². The molecule has 0 unspecified atom stereocenters. The Hall–Kier alpha value is -2.35. The largest absolute Gasteiger partial charge is 0.456 e. The Kier molecular flexibility index (Phi) is 6.24. The highest BCUT2D eigenvalue weighted by Crippen LogP contribution is 2.16. The molecule has 104 valence electrons. The smallest absolute Gasteiger partial charge is 0.145 e. The molecular weight excluding hydrogens is 246 g/mol. The van der Waals surface area contributed by atoms with Gasteiger partial charge in [-0.25, -0.2) is 0 Å². The van der Waals surface area contributed by atoms with Crippen LogP contribution in [0.4, 0.5) is 0 Å². The Bertz CT molecular complexity index is 577. The number of hydrogen-bond donors (Lipinski definition) is 0. The van der Waals surface area contributed by atoms with Crippen molar-refractivity contribution < 1.29 is 4.74 Å². The molecule has 0 amide bonds. The van der Waals surface area contributed by atoms with Crippen molar-refractivity contribution in [3.63, 3.8) is 0 Å². The number of rotatable bonds is 6. The van der Waals surface area contributed by atoms with Gasteiger partial charge < -0.3 is 4.74 Å². The van der Waals surface area contributed by atoms with E-state index < -0.39 is 0 Å². The van der Waals surface area contributed by atoms with Crippen molar-refractivity contribution in [3.05, 3.63) is 84.4 Å². The number of hydrogen-bond acceptors (Lipinski definition) is 2. The van der Waals surface area contributed by atoms with Crippen molar-refractivity contribution in [1.82, 2.24) is 0 Å². The van der Waals surface area contributed by atoms with E-state index in [1.54, 1.807) is 13.1 Å². The van der Waals surface area contributed by atoms with E-state index in [9.17, 15) is 0 Å². The lowest BCUT2D eigenvalue weighted by atomic mass is 10.0. The molecule has 0 heterocycles. The molecule has 0 spiro atoms. The molecule has 2 heteroatoms. The lowest BCUT2D eigenvalue weighted by Gasteiger charge is -2.13. The van der Waals surface area contributed by atoms with Gasteiger partial charge in [0.2, 0.25) is 0 Å². The van der Waals surface area contributed by atoms with E-state index in [0.29, 0.717) is 11.5 Å². The quantitative estimate of drug-likeness (QED) is 0.419. The molecule has 0 aromatic heterocycles. The molecule has 20 heavy (non-hydrogen) atoms. The van der Waals surface area contributed by atoms with E-state index in [1.165, 1.54) is 0 Å². The predicted octanol–water partition coefficient (Wildman–Crippen LogP) is 4.59. The van der Waals surface area contributed by atoms with Crippen LogP contribution in [0.1, 0.15) is 18.1 Å². The van der Waals surface area contributed by atoms with E-state index in [0.717, 1.165) is 16.8 Å². The van der Waals surface area contributed by atoms with Crippen molar-refractivity contribution in [2.45, 2.75) is 13.8 Å². The van der Waals surface area contributed by atoms with E-state index in [4.69, 9.17) is 4.74 Å². The van der Waals surface area contributed by atoms with Crippen molar-refractivity contribution in [2.75, 3.05) is 7.05 Å². The highest BCUT2D eigenvalue weighted by molar-refractivity contribution is 6.11. The first-order valence-electron chi connectivity index (χ1n) is 6.48. The SMILES string of the molecule is C=C(/C=C\C=C/C)OC(=C)/C(=N/C)c1ccccc1C. The van der Waals surface area contributed by atoms with Crippen LogP contribution in [0.5, 0.6) is 0 Å². The van der Waals surface area contributed by atoms with Gasteiger partial charge in [0.05, 0.1) is 0 Å². The van der Waals surface area contributed by atoms with Crippen molar-refractivity contribution in [3.8, 4) is 0 Å². The van der Waals surface area contributed by atoms with Crippen LogP contribution >= 0.6 is 0 Å². The lowest BCUT2D eigenvalue weighted by Crippen LogP contribution is -2.08. The summed E-state index contributed by atoms with van der Waals surface area (Å²) in [4.78, 5) is 4.28. The van der Waals surface area contributed by atoms with Gasteiger partial charge in [0.1, 0.15) is 17.2 Å². The molecule has 1 aromatic carbocycles. The molecule has 2 nitrogen and oxygen atoms in total. The second-order valence-corrected chi connectivity index (χ2v) is 4.26. The van der Waals surface area contributed by atoms with Crippen molar-refractivity contribution >= 4 is 5.71 Å². The third-order valence-electron chi connectivity index (χ3n) is 2.73. The number of aryl methyl sites for hydroxylation is 1. The first-order valence-corrected chi connectivity index (χ1v) is 6.48. The molecule has 0 aliphatic carbocycles. The molecule has 0 fully saturated rings. The standard InChI is InChI=1S/C18H21NO/c1-6-7-8-12-15(3)20-16(4)18(19-5)17-13-10-9-11-14(17)2/h6-13H,3-4H2,1-2,5H3/b7-6-,12-8-,19-18-. The number of aliphatic imine (C=N–C) groups is 1. The van der Waals surface area contributed by atoms with Gasteiger partial charge in [0.15, 0.2) is 0 Å². The van der Waals surface area contributed by atoms with Gasteiger partial charge in [0.25, 0.3) is 0 Å². The fourth-order valence-corrected chi connectivity index (χ4v) is 1.75. The molecule has 0 radical (unpaired) electrons. The maximum absolute atomic E-state index is 5.62. The molecule has 0 saturated carbocycles. The summed E-state index contributed by atoms with van der Waals surface area (Å²) < 4.78 is 5.62. The zero-order valence-corrected chi connectivity index (χ0v) is 12.4. The summed E-state index contributed by atoms with van der Waals surface area (Å²) in [5.41, 5.74) is 2.89. The first kappa shape index (κ1) is 15.7. The average molecular weight is 267 g/mol. The Morgan fingerprint density at radius 1 is 1.20 bits per heavy atom. The molecule has 0 atom stereocenters. The van der Waals surface area contributed by atoms with Crippen LogP contribution in [0.25, 0.3) is 0 Å². The van der Waals surface area contributed by atoms with Crippen LogP contribution in [0, 0.1) is 6.92 Å². The molecule has 0 aliphatic rings. The molecule has 0 saturated heterocycles. The van der Waals surface area contributed by atoms with Gasteiger partial charge in [-0.1, -0.05) is 55.7 Å². The van der Waals surface area contributed by atoms with Crippen molar-refractivity contribution in [2.24, 2.45) is 4.99 Å². The highest BCUT2D eigenvalue weighted by Gasteiger charge is 2.11. The van der Waals surface area contributed by atoms with Crippen LogP contribution in [0.2, 0.25) is 0 Å². The van der Waals surface area contributed by atoms with E-state index in [1.807, 2.05) is 56.3 Å². The minimum Gasteiger partial charge on any atom is -0.456 e. The van der Waals surface area contributed by atoms with Crippen LogP contribution in [0.15, 0.2) is 78.2 Å². The Labute approximate surface area is 121 Å². The van der Waals surface area contributed by atoms with Gasteiger partial charge in [-0.15, -0.1) is 0 Å². The van der Waals surface area contributed by atoms with Gasteiger partial charge in [0, 0.05) is 12.6 Å². The normalized spacial score (nSPS) is 12.1. The van der Waals surface area contributed by atoms with Crippen LogP contribution in [-0.2, 0) is 4.74 Å². The minimum atomic E-state index is 0.497. The fraction of sp³-hybridized carbons (Fsp3) is 0.167. The molecule has 0 bridgehead atoms. The zero-order chi connectivity index (χ0) is 15.0. The molecule has 1 aromatic rings. The van der Waals surface area contributed by atoms with Crippen LogP contribution < -0.4 is 0 Å². The third-order valence-corrected chi connectivity index (χ3v) is 2.73. The predicted molar refractivity (Wildman–Crippen MR) is 87.0 cm³/mol. The maximum Gasteiger partial charge on any atom is 0.145 e. The van der Waals surface area contributed by atoms with Gasteiger partial charge in [-0.3, -0.25) is 4.99 Å². The van der Waals surface area contributed by atoms with Crippen molar-refractivity contribution in [1.29, 1.82) is 0 Å². The van der Waals surface area contributed by atoms with E-state index in [2.05, 4.69) is 18.2 Å². The third kappa shape index (κ3) is 4.39. The summed E-state index contributed by atoms with van der Waals surface area (Å²) in [5.74, 6) is 1.03. The number of allylic oxidation sites excluding steroid dienone is 5. The lowest BCUT2D eigenvalue weighted by molar-refractivity contribution is 0.349. The van der Waals surface area contributed by atoms with Gasteiger partial charge in [-0.05, 0) is 25.5 Å². The summed E-state index contributed by atoms with van der Waals surface area (Å²) in [5, 5.41) is 0. The second-order valence-electron chi connectivity index (χ2n) is 4.26. The second kappa shape index (κ2) is 7.95. The molecule has 0 N–H and O–H groups in total.